The van der Waals surface area contributed by atoms with Crippen molar-refractivity contribution in [3.8, 4) is 0 Å². The molecule has 0 bridgehead atoms. The van der Waals surface area contributed by atoms with Gasteiger partial charge in [-0.1, -0.05) is 71.6 Å². The van der Waals surface area contributed by atoms with Gasteiger partial charge in [-0.05, 0) is 177 Å². The van der Waals surface area contributed by atoms with Crippen LogP contribution < -0.4 is 51.8 Å². The summed E-state index contributed by atoms with van der Waals surface area (Å²) in [5, 5.41) is 35.1. The normalized spacial score (nSPS) is 12.4. The molecule has 4 aliphatic rings. The minimum Gasteiger partial charge on any atom is 1.00 e. The van der Waals surface area contributed by atoms with Crippen LogP contribution in [0, 0.1) is 65.5 Å². The van der Waals surface area contributed by atoms with Crippen molar-refractivity contribution in [3.05, 3.63) is 216 Å². The molecule has 7 heterocycles. The summed E-state index contributed by atoms with van der Waals surface area (Å²) < 4.78 is 6.15. The first-order valence-corrected chi connectivity index (χ1v) is 37.5. The molecule has 11 rings (SSSR count). The number of carbonyl (C=O) groups excluding carboxylic acids is 2. The number of rotatable bonds is 10. The van der Waals surface area contributed by atoms with Crippen LogP contribution in [0.2, 0.25) is 0 Å². The number of nitrogens with one attached hydrogen (secondary N) is 1. The summed E-state index contributed by atoms with van der Waals surface area (Å²) in [6.07, 6.45) is 31.9. The molecule has 0 fully saturated rings. The summed E-state index contributed by atoms with van der Waals surface area (Å²) in [5.41, 5.74) is 36.4. The number of aromatic nitrogens is 7. The Labute approximate surface area is 607 Å². The Morgan fingerprint density at radius 2 is 1.11 bits per heavy atom. The number of halogens is 4. The summed E-state index contributed by atoms with van der Waals surface area (Å²) >= 11 is 4.39. The fourth-order valence-electron chi connectivity index (χ4n) is 8.27. The monoisotopic (exact) mass is 1620 g/mol. The van der Waals surface area contributed by atoms with Crippen LogP contribution >= 0.6 is 56.4 Å². The minimum absolute atomic E-state index is 0. The number of hydrogen-bond acceptors (Lipinski definition) is 17. The third-order valence-electron chi connectivity index (χ3n) is 13.5. The van der Waals surface area contributed by atoms with Crippen molar-refractivity contribution in [3.63, 3.8) is 0 Å². The molecule has 11 N–H and O–H groups in total. The molecule has 0 atom stereocenters. The Bertz CT molecular complexity index is 3690. The van der Waals surface area contributed by atoms with E-state index in [1.165, 1.54) is 61.4 Å². The number of anilines is 1. The number of pyridine rings is 4. The van der Waals surface area contributed by atoms with Gasteiger partial charge in [-0.25, -0.2) is 30.7 Å². The van der Waals surface area contributed by atoms with E-state index in [-0.39, 0.29) is 84.8 Å². The first-order chi connectivity index (χ1) is 41.9. The second kappa shape index (κ2) is 47.2. The van der Waals surface area contributed by atoms with Gasteiger partial charge in [-0.2, -0.15) is 0 Å². The van der Waals surface area contributed by atoms with Crippen LogP contribution in [0.15, 0.2) is 145 Å². The van der Waals surface area contributed by atoms with Gasteiger partial charge in [0.15, 0.2) is 5.78 Å². The van der Waals surface area contributed by atoms with Gasteiger partial charge in [0.25, 0.3) is 12.2 Å². The Morgan fingerprint density at radius 3 is 1.44 bits per heavy atom. The predicted molar refractivity (Wildman–Crippen MR) is 383 cm³/mol. The molecular weight excluding hydrogens is 1530 g/mol. The summed E-state index contributed by atoms with van der Waals surface area (Å²) in [6.45, 7) is 18.4. The van der Waals surface area contributed by atoms with Crippen molar-refractivity contribution < 1.29 is 80.5 Å². The minimum atomic E-state index is -0.826. The van der Waals surface area contributed by atoms with Gasteiger partial charge >= 0.3 is 66.3 Å². The maximum Gasteiger partial charge on any atom is 1.00 e. The summed E-state index contributed by atoms with van der Waals surface area (Å²) in [5.74, 6) is 0.638. The molecule has 502 valence electrons. The SMILES string of the molecule is C.C.CCO.CI.Cc1cc2nc(C3=CC=C(N(C)C)C3)cn2cc1C.Cc1cc2nc(C3=CC=C(N)C3)cn2cc1C.Cc1cc2nc(C3=CC=C([N+](=O)[O-])C3)cn2cc1C.Cc1cnc(N)cc1C.O.O.O=C(CBr)C1=CC=C(NOO)C1.O=CO[O-].[Cl][Sn][Cl].[Na+]. The first kappa shape index (κ1) is 91.4. The largest absolute Gasteiger partial charge is 1.00 e. The number of alkyl halides is 2. The van der Waals surface area contributed by atoms with Crippen molar-refractivity contribution in [2.75, 3.05) is 36.7 Å². The van der Waals surface area contributed by atoms with Crippen LogP contribution in [0.25, 0.3) is 33.7 Å². The quantitative estimate of drug-likeness (QED) is 0.0164. The van der Waals surface area contributed by atoms with Crippen LogP contribution in [0.4, 0.5) is 5.82 Å². The summed E-state index contributed by atoms with van der Waals surface area (Å²) in [4.78, 5) is 58.4. The molecule has 93 heavy (non-hydrogen) atoms. The number of nitrogens with zero attached hydrogens (tertiary/aromatic N) is 9. The van der Waals surface area contributed by atoms with Crippen LogP contribution in [0.1, 0.15) is 109 Å². The van der Waals surface area contributed by atoms with E-state index in [2.05, 4.69) is 186 Å². The van der Waals surface area contributed by atoms with Gasteiger partial charge in [-0.3, -0.25) is 19.7 Å². The number of nitrogens with two attached hydrogens (primary N) is 2. The van der Waals surface area contributed by atoms with Gasteiger partial charge in [0.2, 0.25) is 0 Å². The zero-order chi connectivity index (χ0) is 65.8. The number of ketones is 1. The van der Waals surface area contributed by atoms with Crippen molar-refractivity contribution in [1.29, 1.82) is 0 Å². The third-order valence-corrected chi connectivity index (χ3v) is 14.0. The Kier molecular flexibility index (Phi) is 46.4. The second-order valence-corrected chi connectivity index (χ2v) is 24.8. The maximum absolute atomic E-state index is 11.1. The van der Waals surface area contributed by atoms with Crippen molar-refractivity contribution >= 4 is 127 Å². The fourth-order valence-corrected chi connectivity index (χ4v) is 8.63. The molecule has 29 heteroatoms. The third kappa shape index (κ3) is 29.0. The van der Waals surface area contributed by atoms with E-state index >= 15 is 0 Å². The fraction of sp³-hybridized carbons (Fsp3) is 0.312. The molecule has 0 amide bonds. The summed E-state index contributed by atoms with van der Waals surface area (Å²) in [6, 6.07) is 8.16. The average Bonchev–Trinajstić information content (AvgIpc) is 1.80. The number of carbonyl (C=O) groups is 2. The number of fused-ring (bicyclic) bond motifs is 3. The molecule has 0 aromatic carbocycles. The number of aryl methyl sites for hydroxylation is 8. The van der Waals surface area contributed by atoms with E-state index in [4.69, 9.17) is 54.7 Å². The first-order valence-electron chi connectivity index (χ1n) is 27.0. The molecule has 0 saturated carbocycles. The molecule has 0 spiro atoms. The molecule has 0 aliphatic heterocycles. The van der Waals surface area contributed by atoms with E-state index < -0.39 is 18.9 Å². The van der Waals surface area contributed by atoms with E-state index in [1.807, 2.05) is 60.7 Å². The van der Waals surface area contributed by atoms with Crippen molar-refractivity contribution in [1.82, 2.24) is 43.5 Å². The molecule has 7 aromatic rings. The predicted octanol–water partition coefficient (Wildman–Crippen LogP) is 8.21. The number of allylic oxidation sites excluding steroid dienone is 12. The van der Waals surface area contributed by atoms with Crippen LogP contribution in [0.3, 0.4) is 0 Å². The van der Waals surface area contributed by atoms with E-state index in [0.29, 0.717) is 35.3 Å². The number of hydrogen-bond donors (Lipinski definition) is 5. The van der Waals surface area contributed by atoms with Gasteiger partial charge in [-0.15, -0.1) is 4.99 Å². The molecule has 0 unspecified atom stereocenters. The van der Waals surface area contributed by atoms with Gasteiger partial charge in [0.1, 0.15) is 22.8 Å². The maximum atomic E-state index is 11.1. The molecule has 7 aromatic heterocycles. The van der Waals surface area contributed by atoms with Gasteiger partial charge < -0.3 is 55.8 Å². The standard InChI is InChI=1S/C16H19N3.C14H13N3O2.C14H15N3.C7H8BrNO3.C7H10N2.C2H6O.CH3I.CH2O3.2CH4.2ClH.Na.2H2O.Sn/c1-11-7-16-17-15(10-19(16)9-12(11)2)13-5-6-14(8-13)18(3)4;1-9-5-14-15-13(8-16(14)7-10(9)2)11-3-4-12(6-11)17(18)19;1-9-5-14-16-13(8-17(14)7-10(9)2)11-3-4-12(15)6-11;8-4-7(10)5-1-2-6(3-5)9-12-11;1-5-3-7(8)9-4-6(5)2;1-2-3;1-2;2-1-4-3;;;;;;;;/h5-7,9-10H,8H2,1-4H3;3-5,7-8H,6H2,1-2H3;3-5,7-8H,6,15H2,1-2H3;1-2,9,11H,3-4H2;3-4H,1-2H3,(H2,8,9);3H,2H2,1H3;1H3;1,3H;2*1H4;2*1H;;2*1H2;/q;;;;;;;;;;;;+1;;;+2/p-3. The molecule has 2 radical (unpaired) electrons. The van der Waals surface area contributed by atoms with Gasteiger partial charge in [0.05, 0.1) is 33.8 Å². The molecular formula is C64H87BrCl2IN12NaO11Sn. The zero-order valence-corrected chi connectivity index (χ0v) is 63.3. The van der Waals surface area contributed by atoms with Crippen LogP contribution in [0.5, 0.6) is 0 Å². The molecule has 0 saturated heterocycles. The number of imidazole rings is 3. The van der Waals surface area contributed by atoms with Crippen LogP contribution in [-0.4, -0.2) is 126 Å². The Morgan fingerprint density at radius 1 is 0.710 bits per heavy atom. The zero-order valence-electron chi connectivity index (χ0n) is 53.2. The Balaban J connectivity index is -0.00000105. The summed E-state index contributed by atoms with van der Waals surface area (Å²) in [7, 11) is 14.0. The van der Waals surface area contributed by atoms with E-state index in [9.17, 15) is 14.9 Å². The number of aliphatic hydroxyl groups excluding tert-OH is 1. The molecule has 23 nitrogen and oxygen atoms in total. The number of nitro groups is 1. The molecule has 4 aliphatic carbocycles. The number of nitrogen functional groups attached to an aromatic ring is 1. The second-order valence-electron chi connectivity index (χ2n) is 20.0. The Hall–Kier alpha value is -5.77. The smallest absolute Gasteiger partial charge is 1.00 e. The number of Topliss-reactive ketones (excluding diaryl/α,β-unsaturated/α-hetero) is 1. The average molecular weight is 1620 g/mol. The van der Waals surface area contributed by atoms with E-state index in [1.54, 1.807) is 37.4 Å². The van der Waals surface area contributed by atoms with Crippen molar-refractivity contribution in [2.24, 2.45) is 5.73 Å². The topological polar surface area (TPSA) is 354 Å². The van der Waals surface area contributed by atoms with E-state index in [0.717, 1.165) is 58.1 Å². The number of hydroxylamine groups is 1. The van der Waals surface area contributed by atoms with Crippen molar-refractivity contribution in [2.45, 2.75) is 103 Å². The van der Waals surface area contributed by atoms with Gasteiger partial charge in [0, 0.05) is 112 Å². The van der Waals surface area contributed by atoms with Crippen LogP contribution in [-0.2, 0) is 19.5 Å². The number of aliphatic hydroxyl groups is 1.